The summed E-state index contributed by atoms with van der Waals surface area (Å²) in [5.41, 5.74) is 7.62. The first-order valence-electron chi connectivity index (χ1n) is 6.26. The number of rotatable bonds is 4. The number of aromatic nitrogens is 2. The number of methoxy groups -OCH3 is 1. The van der Waals surface area contributed by atoms with Gasteiger partial charge in [-0.1, -0.05) is 12.1 Å². The Bertz CT molecular complexity index is 570. The van der Waals surface area contributed by atoms with E-state index in [9.17, 15) is 0 Å². The Morgan fingerprint density at radius 2 is 2.21 bits per heavy atom. The highest BCUT2D eigenvalue weighted by Crippen LogP contribution is 2.33. The van der Waals surface area contributed by atoms with Gasteiger partial charge < -0.3 is 20.2 Å². The van der Waals surface area contributed by atoms with Crippen molar-refractivity contribution in [3.63, 3.8) is 0 Å². The third-order valence-corrected chi connectivity index (χ3v) is 3.62. The van der Waals surface area contributed by atoms with Gasteiger partial charge in [-0.3, -0.25) is 0 Å². The Balaban J connectivity index is 1.97. The van der Waals surface area contributed by atoms with Crippen LogP contribution in [0, 0.1) is 0 Å². The van der Waals surface area contributed by atoms with Crippen molar-refractivity contribution in [2.45, 2.75) is 5.41 Å². The van der Waals surface area contributed by atoms with Crippen LogP contribution in [0.15, 0.2) is 30.5 Å². The Hall–Kier alpha value is -1.85. The molecule has 5 heteroatoms. The lowest BCUT2D eigenvalue weighted by molar-refractivity contribution is -0.0589. The summed E-state index contributed by atoms with van der Waals surface area (Å²) < 4.78 is 10.6. The molecule has 0 bridgehead atoms. The van der Waals surface area contributed by atoms with E-state index >= 15 is 0 Å². The van der Waals surface area contributed by atoms with Crippen molar-refractivity contribution in [3.8, 4) is 17.0 Å². The summed E-state index contributed by atoms with van der Waals surface area (Å²) in [6.07, 6.45) is 1.82. The normalized spacial score (nSPS) is 16.9. The zero-order valence-corrected chi connectivity index (χ0v) is 10.8. The molecule has 100 valence electrons. The van der Waals surface area contributed by atoms with Crippen LogP contribution in [0.4, 0.5) is 0 Å². The smallest absolute Gasteiger partial charge is 0.128 e. The molecule has 0 radical (unpaired) electrons. The van der Waals surface area contributed by atoms with Crippen molar-refractivity contribution in [2.24, 2.45) is 5.73 Å². The topological polar surface area (TPSA) is 73.2 Å². The molecule has 0 aliphatic carbocycles. The molecule has 1 saturated heterocycles. The highest BCUT2D eigenvalue weighted by atomic mass is 16.5. The fourth-order valence-electron chi connectivity index (χ4n) is 2.29. The molecular weight excluding hydrogens is 242 g/mol. The second kappa shape index (κ2) is 4.68. The van der Waals surface area contributed by atoms with E-state index in [0.29, 0.717) is 19.8 Å². The zero-order chi connectivity index (χ0) is 13.3. The maximum Gasteiger partial charge on any atom is 0.128 e. The first-order chi connectivity index (χ1) is 9.29. The van der Waals surface area contributed by atoms with Gasteiger partial charge in [-0.2, -0.15) is 0 Å². The number of para-hydroxylation sites is 1. The van der Waals surface area contributed by atoms with Crippen molar-refractivity contribution in [1.82, 2.24) is 9.97 Å². The van der Waals surface area contributed by atoms with Crippen LogP contribution in [0.5, 0.6) is 5.75 Å². The van der Waals surface area contributed by atoms with Crippen LogP contribution in [0.1, 0.15) is 5.82 Å². The maximum atomic E-state index is 5.84. The SMILES string of the molecule is COc1ccccc1-c1cnc(C2(CN)COC2)[nH]1. The van der Waals surface area contributed by atoms with Gasteiger partial charge >= 0.3 is 0 Å². The first kappa shape index (κ1) is 12.2. The molecule has 2 aromatic rings. The molecule has 0 saturated carbocycles. The Kier molecular flexibility index (Phi) is 3.00. The van der Waals surface area contributed by atoms with E-state index < -0.39 is 0 Å². The van der Waals surface area contributed by atoms with Crippen molar-refractivity contribution in [3.05, 3.63) is 36.3 Å². The molecule has 0 atom stereocenters. The van der Waals surface area contributed by atoms with E-state index in [4.69, 9.17) is 15.2 Å². The minimum Gasteiger partial charge on any atom is -0.496 e. The fourth-order valence-corrected chi connectivity index (χ4v) is 2.29. The molecule has 2 heterocycles. The van der Waals surface area contributed by atoms with Gasteiger partial charge in [0.05, 0.1) is 37.6 Å². The van der Waals surface area contributed by atoms with Crippen LogP contribution >= 0.6 is 0 Å². The molecule has 1 aliphatic rings. The number of hydrogen-bond donors (Lipinski definition) is 2. The number of nitrogens with two attached hydrogens (primary N) is 1. The van der Waals surface area contributed by atoms with Crippen molar-refractivity contribution < 1.29 is 9.47 Å². The second-order valence-corrected chi connectivity index (χ2v) is 4.82. The Morgan fingerprint density at radius 3 is 2.84 bits per heavy atom. The highest BCUT2D eigenvalue weighted by Gasteiger charge is 2.41. The number of aromatic amines is 1. The number of imidazole rings is 1. The zero-order valence-electron chi connectivity index (χ0n) is 10.8. The van der Waals surface area contributed by atoms with Gasteiger partial charge in [0.15, 0.2) is 0 Å². The van der Waals surface area contributed by atoms with E-state index in [2.05, 4.69) is 9.97 Å². The summed E-state index contributed by atoms with van der Waals surface area (Å²) in [5, 5.41) is 0. The van der Waals surface area contributed by atoms with Gasteiger partial charge in [-0.25, -0.2) is 4.98 Å². The van der Waals surface area contributed by atoms with E-state index in [-0.39, 0.29) is 5.41 Å². The van der Waals surface area contributed by atoms with Crippen molar-refractivity contribution in [1.29, 1.82) is 0 Å². The average molecular weight is 259 g/mol. The summed E-state index contributed by atoms with van der Waals surface area (Å²) in [5.74, 6) is 1.71. The molecule has 3 N–H and O–H groups in total. The standard InChI is InChI=1S/C14H17N3O2/c1-18-12-5-3-2-4-10(12)11-6-16-13(17-11)14(7-15)8-19-9-14/h2-6H,7-9,15H2,1H3,(H,16,17). The average Bonchev–Trinajstić information content (AvgIpc) is 2.88. The summed E-state index contributed by atoms with van der Waals surface area (Å²) >= 11 is 0. The van der Waals surface area contributed by atoms with E-state index in [0.717, 1.165) is 22.8 Å². The summed E-state index contributed by atoms with van der Waals surface area (Å²) in [4.78, 5) is 7.81. The number of nitrogens with one attached hydrogen (secondary N) is 1. The third-order valence-electron chi connectivity index (χ3n) is 3.62. The molecule has 3 rings (SSSR count). The minimum atomic E-state index is -0.153. The third kappa shape index (κ3) is 1.91. The molecule has 0 unspecified atom stereocenters. The predicted molar refractivity (Wildman–Crippen MR) is 72.1 cm³/mol. The van der Waals surface area contributed by atoms with E-state index in [1.807, 2.05) is 30.5 Å². The molecule has 1 fully saturated rings. The molecule has 0 spiro atoms. The lowest BCUT2D eigenvalue weighted by Crippen LogP contribution is -2.52. The van der Waals surface area contributed by atoms with Crippen molar-refractivity contribution in [2.75, 3.05) is 26.9 Å². The van der Waals surface area contributed by atoms with Gasteiger partial charge in [-0.15, -0.1) is 0 Å². The van der Waals surface area contributed by atoms with Gasteiger partial charge in [0.2, 0.25) is 0 Å². The van der Waals surface area contributed by atoms with Gasteiger partial charge in [-0.05, 0) is 12.1 Å². The van der Waals surface area contributed by atoms with Gasteiger partial charge in [0.25, 0.3) is 0 Å². The fraction of sp³-hybridized carbons (Fsp3) is 0.357. The largest absolute Gasteiger partial charge is 0.496 e. The molecule has 5 nitrogen and oxygen atoms in total. The first-order valence-corrected chi connectivity index (χ1v) is 6.26. The summed E-state index contributed by atoms with van der Waals surface area (Å²) in [6.45, 7) is 1.79. The quantitative estimate of drug-likeness (QED) is 0.868. The number of hydrogen-bond acceptors (Lipinski definition) is 4. The predicted octanol–water partition coefficient (Wildman–Crippen LogP) is 1.31. The second-order valence-electron chi connectivity index (χ2n) is 4.82. The van der Waals surface area contributed by atoms with Crippen LogP contribution < -0.4 is 10.5 Å². The van der Waals surface area contributed by atoms with E-state index in [1.165, 1.54) is 0 Å². The molecule has 19 heavy (non-hydrogen) atoms. The Labute approximate surface area is 111 Å². The lowest BCUT2D eigenvalue weighted by Gasteiger charge is -2.38. The molecular formula is C14H17N3O2. The van der Waals surface area contributed by atoms with Crippen LogP contribution in [0.25, 0.3) is 11.3 Å². The molecule has 0 amide bonds. The van der Waals surface area contributed by atoms with E-state index in [1.54, 1.807) is 7.11 Å². The Morgan fingerprint density at radius 1 is 1.42 bits per heavy atom. The van der Waals surface area contributed by atoms with Crippen LogP contribution in [-0.2, 0) is 10.2 Å². The molecule has 1 aromatic carbocycles. The maximum absolute atomic E-state index is 5.84. The summed E-state index contributed by atoms with van der Waals surface area (Å²) in [6, 6.07) is 7.85. The van der Waals surface area contributed by atoms with Crippen LogP contribution in [0.2, 0.25) is 0 Å². The molecule has 1 aliphatic heterocycles. The molecule has 1 aromatic heterocycles. The van der Waals surface area contributed by atoms with Crippen LogP contribution in [0.3, 0.4) is 0 Å². The number of benzene rings is 1. The number of H-pyrrole nitrogens is 1. The highest BCUT2D eigenvalue weighted by molar-refractivity contribution is 5.66. The van der Waals surface area contributed by atoms with Crippen molar-refractivity contribution >= 4 is 0 Å². The van der Waals surface area contributed by atoms with Gasteiger partial charge in [0.1, 0.15) is 11.6 Å². The lowest BCUT2D eigenvalue weighted by atomic mass is 9.85. The minimum absolute atomic E-state index is 0.153. The monoisotopic (exact) mass is 259 g/mol. The number of ether oxygens (including phenoxy) is 2. The summed E-state index contributed by atoms with van der Waals surface area (Å²) in [7, 11) is 1.66. The van der Waals surface area contributed by atoms with Gasteiger partial charge in [0, 0.05) is 12.1 Å². The number of nitrogens with zero attached hydrogens (tertiary/aromatic N) is 1. The van der Waals surface area contributed by atoms with Crippen LogP contribution in [-0.4, -0.2) is 36.8 Å².